The Hall–Kier alpha value is -2.14. The van der Waals surface area contributed by atoms with Crippen molar-refractivity contribution in [1.82, 2.24) is 20.2 Å². The third kappa shape index (κ3) is 2.66. The molecule has 19 heavy (non-hydrogen) atoms. The summed E-state index contributed by atoms with van der Waals surface area (Å²) in [6, 6.07) is 11.7. The summed E-state index contributed by atoms with van der Waals surface area (Å²) in [5.74, 6) is 1.10. The lowest BCUT2D eigenvalue weighted by Gasteiger charge is -1.93. The molecule has 5 nitrogen and oxygen atoms in total. The minimum Gasteiger partial charge on any atom is -0.356 e. The van der Waals surface area contributed by atoms with E-state index in [-0.39, 0.29) is 0 Å². The smallest absolute Gasteiger partial charge is 0.167 e. The quantitative estimate of drug-likeness (QED) is 0.687. The van der Waals surface area contributed by atoms with Gasteiger partial charge in [0.2, 0.25) is 0 Å². The number of hydrogen-bond donors (Lipinski definition) is 0. The molecule has 3 aromatic rings. The highest BCUT2D eigenvalue weighted by Crippen LogP contribution is 2.19. The number of benzene rings is 1. The average Bonchev–Trinajstić information content (AvgIpc) is 3.09. The summed E-state index contributed by atoms with van der Waals surface area (Å²) >= 11 is 5.68. The van der Waals surface area contributed by atoms with Crippen molar-refractivity contribution in [2.24, 2.45) is 0 Å². The van der Waals surface area contributed by atoms with Crippen molar-refractivity contribution in [3.63, 3.8) is 0 Å². The van der Waals surface area contributed by atoms with Crippen LogP contribution in [-0.4, -0.2) is 20.2 Å². The van der Waals surface area contributed by atoms with Crippen LogP contribution in [0.25, 0.3) is 11.3 Å². The number of aromatic nitrogens is 4. The first-order chi connectivity index (χ1) is 9.35. The maximum atomic E-state index is 5.68. The van der Waals surface area contributed by atoms with Gasteiger partial charge in [-0.3, -0.25) is 0 Å². The summed E-state index contributed by atoms with van der Waals surface area (Å²) < 4.78 is 7.00. The molecule has 0 N–H and O–H groups in total. The van der Waals surface area contributed by atoms with Crippen molar-refractivity contribution >= 4 is 11.6 Å². The summed E-state index contributed by atoms with van der Waals surface area (Å²) in [6.45, 7) is 0.514. The normalized spacial score (nSPS) is 10.8. The third-order valence-corrected chi connectivity index (χ3v) is 2.94. The van der Waals surface area contributed by atoms with Gasteiger partial charge < -0.3 is 4.52 Å². The van der Waals surface area contributed by atoms with Gasteiger partial charge in [0.25, 0.3) is 0 Å². The van der Waals surface area contributed by atoms with Crippen LogP contribution >= 0.6 is 11.6 Å². The molecular formula is C13H11ClN4O. The van der Waals surface area contributed by atoms with E-state index in [2.05, 4.69) is 15.5 Å². The predicted octanol–water partition coefficient (Wildman–Crippen LogP) is 2.72. The summed E-state index contributed by atoms with van der Waals surface area (Å²) in [7, 11) is 0. The lowest BCUT2D eigenvalue weighted by molar-refractivity contribution is 0.419. The van der Waals surface area contributed by atoms with Crippen LogP contribution < -0.4 is 0 Å². The summed E-state index contributed by atoms with van der Waals surface area (Å²) in [5, 5.41) is 11.9. The van der Waals surface area contributed by atoms with E-state index in [1.54, 1.807) is 10.9 Å². The zero-order valence-electron chi connectivity index (χ0n) is 10.0. The molecule has 0 aliphatic heterocycles. The largest absolute Gasteiger partial charge is 0.356 e. The summed E-state index contributed by atoms with van der Waals surface area (Å²) in [4.78, 5) is 0. The Kier molecular flexibility index (Phi) is 3.29. The molecule has 6 heteroatoms. The molecule has 0 aliphatic carbocycles. The molecule has 96 valence electrons. The molecule has 0 saturated carbocycles. The highest BCUT2D eigenvalue weighted by atomic mass is 35.5. The molecule has 0 aliphatic rings. The lowest BCUT2D eigenvalue weighted by Crippen LogP contribution is -2.00. The molecular weight excluding hydrogens is 264 g/mol. The van der Waals surface area contributed by atoms with Gasteiger partial charge in [0.05, 0.1) is 24.3 Å². The Morgan fingerprint density at radius 1 is 1.16 bits per heavy atom. The Bertz CT molecular complexity index is 662. The number of nitrogens with zero attached hydrogens (tertiary/aromatic N) is 4. The maximum absolute atomic E-state index is 5.68. The zero-order valence-corrected chi connectivity index (χ0v) is 10.8. The first-order valence-corrected chi connectivity index (χ1v) is 6.34. The third-order valence-electron chi connectivity index (χ3n) is 2.66. The first-order valence-electron chi connectivity index (χ1n) is 5.81. The average molecular weight is 275 g/mol. The van der Waals surface area contributed by atoms with Crippen molar-refractivity contribution in [3.05, 3.63) is 54.0 Å². The van der Waals surface area contributed by atoms with Gasteiger partial charge in [-0.05, 0) is 0 Å². The summed E-state index contributed by atoms with van der Waals surface area (Å²) in [5.41, 5.74) is 2.54. The van der Waals surface area contributed by atoms with E-state index >= 15 is 0 Å². The second-order valence-electron chi connectivity index (χ2n) is 4.09. The van der Waals surface area contributed by atoms with E-state index in [0.29, 0.717) is 12.4 Å². The molecule has 0 radical (unpaired) electrons. The zero-order chi connectivity index (χ0) is 13.1. The molecule has 1 aromatic carbocycles. The van der Waals surface area contributed by atoms with Gasteiger partial charge in [-0.2, -0.15) is 0 Å². The summed E-state index contributed by atoms with van der Waals surface area (Å²) in [6.07, 6.45) is 1.80. The van der Waals surface area contributed by atoms with Gasteiger partial charge >= 0.3 is 0 Å². The van der Waals surface area contributed by atoms with Crippen LogP contribution in [0.5, 0.6) is 0 Å². The number of alkyl halides is 1. The lowest BCUT2D eigenvalue weighted by atomic mass is 10.2. The molecule has 0 bridgehead atoms. The molecule has 3 rings (SSSR count). The molecule has 0 fully saturated rings. The van der Waals surface area contributed by atoms with Crippen molar-refractivity contribution in [3.8, 4) is 11.3 Å². The Balaban J connectivity index is 1.78. The minimum absolute atomic E-state index is 0.355. The number of rotatable bonds is 4. The van der Waals surface area contributed by atoms with E-state index in [1.165, 1.54) is 0 Å². The SMILES string of the molecule is ClCc1cn(Cc2cc(-c3ccccc3)on2)nn1. The molecule has 2 aromatic heterocycles. The predicted molar refractivity (Wildman–Crippen MR) is 70.6 cm³/mol. The number of hydrogen-bond acceptors (Lipinski definition) is 4. The Labute approximate surface area is 114 Å². The van der Waals surface area contributed by atoms with E-state index in [1.807, 2.05) is 36.4 Å². The molecule has 0 amide bonds. The van der Waals surface area contributed by atoms with Crippen LogP contribution in [0.2, 0.25) is 0 Å². The monoisotopic (exact) mass is 274 g/mol. The van der Waals surface area contributed by atoms with Gasteiger partial charge in [-0.25, -0.2) is 4.68 Å². The van der Waals surface area contributed by atoms with Crippen LogP contribution in [0.1, 0.15) is 11.4 Å². The standard InChI is InChI=1S/C13H11ClN4O/c14-7-12-9-18(17-15-12)8-11-6-13(19-16-11)10-4-2-1-3-5-10/h1-6,9H,7-8H2. The Morgan fingerprint density at radius 3 is 2.74 bits per heavy atom. The maximum Gasteiger partial charge on any atom is 0.167 e. The number of halogens is 1. The molecule has 0 spiro atoms. The molecule has 2 heterocycles. The second kappa shape index (κ2) is 5.24. The molecule has 0 saturated heterocycles. The van der Waals surface area contributed by atoms with Crippen LogP contribution in [0.15, 0.2) is 47.1 Å². The van der Waals surface area contributed by atoms with Crippen molar-refractivity contribution in [2.45, 2.75) is 12.4 Å². The van der Waals surface area contributed by atoms with Crippen molar-refractivity contribution in [2.75, 3.05) is 0 Å². The van der Waals surface area contributed by atoms with Crippen LogP contribution in [-0.2, 0) is 12.4 Å². The van der Waals surface area contributed by atoms with Gasteiger partial charge in [0.1, 0.15) is 5.69 Å². The highest BCUT2D eigenvalue weighted by Gasteiger charge is 2.08. The first kappa shape index (κ1) is 11.9. The van der Waals surface area contributed by atoms with E-state index in [0.717, 1.165) is 22.7 Å². The topological polar surface area (TPSA) is 56.7 Å². The van der Waals surface area contributed by atoms with Crippen LogP contribution in [0, 0.1) is 0 Å². The van der Waals surface area contributed by atoms with E-state index < -0.39 is 0 Å². The van der Waals surface area contributed by atoms with Crippen LogP contribution in [0.3, 0.4) is 0 Å². The fourth-order valence-electron chi connectivity index (χ4n) is 1.77. The Morgan fingerprint density at radius 2 is 2.00 bits per heavy atom. The molecule has 0 atom stereocenters. The van der Waals surface area contributed by atoms with Gasteiger partial charge in [0, 0.05) is 11.6 Å². The van der Waals surface area contributed by atoms with Gasteiger partial charge in [-0.1, -0.05) is 40.7 Å². The fraction of sp³-hybridized carbons (Fsp3) is 0.154. The second-order valence-corrected chi connectivity index (χ2v) is 4.36. The van der Waals surface area contributed by atoms with E-state index in [4.69, 9.17) is 16.1 Å². The fourth-order valence-corrected chi connectivity index (χ4v) is 1.89. The van der Waals surface area contributed by atoms with Crippen molar-refractivity contribution in [1.29, 1.82) is 0 Å². The van der Waals surface area contributed by atoms with Crippen molar-refractivity contribution < 1.29 is 4.52 Å². The highest BCUT2D eigenvalue weighted by molar-refractivity contribution is 6.16. The minimum atomic E-state index is 0.355. The van der Waals surface area contributed by atoms with Gasteiger partial charge in [0.15, 0.2) is 5.76 Å². The molecule has 0 unspecified atom stereocenters. The van der Waals surface area contributed by atoms with E-state index in [9.17, 15) is 0 Å². The van der Waals surface area contributed by atoms with Crippen LogP contribution in [0.4, 0.5) is 0 Å². The van der Waals surface area contributed by atoms with Gasteiger partial charge in [-0.15, -0.1) is 16.7 Å².